The Morgan fingerprint density at radius 3 is 2.77 bits per heavy atom. The molecule has 0 unspecified atom stereocenters. The van der Waals surface area contributed by atoms with Gasteiger partial charge < -0.3 is 25.7 Å². The van der Waals surface area contributed by atoms with Crippen LogP contribution in [0, 0.1) is 11.3 Å². The third kappa shape index (κ3) is 4.22. The number of nitrogens with zero attached hydrogens (tertiary/aromatic N) is 3. The van der Waals surface area contributed by atoms with Gasteiger partial charge in [0.1, 0.15) is 23.2 Å². The topological polar surface area (TPSA) is 129 Å². The van der Waals surface area contributed by atoms with Crippen molar-refractivity contribution in [3.8, 4) is 23.1 Å². The van der Waals surface area contributed by atoms with Gasteiger partial charge in [-0.25, -0.2) is 4.98 Å². The van der Waals surface area contributed by atoms with Crippen molar-refractivity contribution in [2.24, 2.45) is 0 Å². The number of nitrogen functional groups attached to an aromatic ring is 2. The van der Waals surface area contributed by atoms with Crippen LogP contribution in [0.15, 0.2) is 22.7 Å². The number of ether oxygens (including phenoxy) is 3. The lowest BCUT2D eigenvalue weighted by atomic mass is 10.1. The minimum absolute atomic E-state index is 0.00793. The number of nitrogens with two attached hydrogens (primary N) is 2. The highest BCUT2D eigenvalue weighted by Crippen LogP contribution is 2.35. The first-order valence-corrected chi connectivity index (χ1v) is 8.87. The summed E-state index contributed by atoms with van der Waals surface area (Å²) in [7, 11) is 0. The van der Waals surface area contributed by atoms with E-state index in [0.717, 1.165) is 10.9 Å². The number of halogens is 1. The van der Waals surface area contributed by atoms with E-state index in [1.165, 1.54) is 0 Å². The lowest BCUT2D eigenvalue weighted by molar-refractivity contribution is -0.183. The molecule has 1 aliphatic heterocycles. The van der Waals surface area contributed by atoms with Gasteiger partial charge in [0.25, 0.3) is 0 Å². The standard InChI is InChI=1S/C17H18BrN5O3/c18-10-2-3-13(24-7-4-14-25-5-1-6-26-14)11(8-10)15-12(9-19)16(20)23-17(21)22-15/h2-3,8,14H,1,4-7H2,(H4,20,21,22,23). The summed E-state index contributed by atoms with van der Waals surface area (Å²) in [4.78, 5) is 8.03. The molecule has 9 heteroatoms. The van der Waals surface area contributed by atoms with E-state index in [-0.39, 0.29) is 23.6 Å². The molecule has 0 amide bonds. The largest absolute Gasteiger partial charge is 0.493 e. The fraction of sp³-hybridized carbons (Fsp3) is 0.353. The minimum atomic E-state index is -0.261. The van der Waals surface area contributed by atoms with E-state index in [4.69, 9.17) is 25.7 Å². The monoisotopic (exact) mass is 419 g/mol. The zero-order valence-electron chi connectivity index (χ0n) is 13.9. The van der Waals surface area contributed by atoms with Crippen molar-refractivity contribution in [2.75, 3.05) is 31.3 Å². The normalized spacial score (nSPS) is 14.8. The molecule has 136 valence electrons. The van der Waals surface area contributed by atoms with Gasteiger partial charge in [-0.3, -0.25) is 0 Å². The van der Waals surface area contributed by atoms with Crippen LogP contribution in [-0.4, -0.2) is 36.1 Å². The first kappa shape index (κ1) is 18.4. The van der Waals surface area contributed by atoms with E-state index in [9.17, 15) is 5.26 Å². The van der Waals surface area contributed by atoms with Crippen LogP contribution < -0.4 is 16.2 Å². The molecule has 8 nitrogen and oxygen atoms in total. The summed E-state index contributed by atoms with van der Waals surface area (Å²) in [5.41, 5.74) is 12.6. The number of rotatable bonds is 5. The minimum Gasteiger partial charge on any atom is -0.493 e. The molecule has 1 aromatic carbocycles. The third-order valence-corrected chi connectivity index (χ3v) is 4.26. The molecule has 0 atom stereocenters. The molecule has 0 spiro atoms. The lowest BCUT2D eigenvalue weighted by Gasteiger charge is -2.23. The van der Waals surface area contributed by atoms with Gasteiger partial charge >= 0.3 is 0 Å². The highest BCUT2D eigenvalue weighted by atomic mass is 79.9. The highest BCUT2D eigenvalue weighted by Gasteiger charge is 2.19. The maximum absolute atomic E-state index is 9.42. The van der Waals surface area contributed by atoms with Crippen molar-refractivity contribution < 1.29 is 14.2 Å². The van der Waals surface area contributed by atoms with E-state index in [2.05, 4.69) is 25.9 Å². The molecule has 4 N–H and O–H groups in total. The number of hydrogen-bond acceptors (Lipinski definition) is 8. The van der Waals surface area contributed by atoms with E-state index >= 15 is 0 Å². The Labute approximate surface area is 159 Å². The Hall–Kier alpha value is -2.41. The van der Waals surface area contributed by atoms with Crippen molar-refractivity contribution >= 4 is 27.7 Å². The van der Waals surface area contributed by atoms with Crippen LogP contribution in [0.2, 0.25) is 0 Å². The fourth-order valence-electron chi connectivity index (χ4n) is 2.58. The van der Waals surface area contributed by atoms with Crippen LogP contribution in [0.5, 0.6) is 5.75 Å². The maximum Gasteiger partial charge on any atom is 0.222 e. The van der Waals surface area contributed by atoms with Gasteiger partial charge in [-0.2, -0.15) is 10.2 Å². The molecular weight excluding hydrogens is 402 g/mol. The molecule has 1 aromatic heterocycles. The first-order chi connectivity index (χ1) is 12.6. The summed E-state index contributed by atoms with van der Waals surface area (Å²) < 4.78 is 17.7. The van der Waals surface area contributed by atoms with Crippen molar-refractivity contribution in [1.82, 2.24) is 9.97 Å². The maximum atomic E-state index is 9.42. The van der Waals surface area contributed by atoms with E-state index < -0.39 is 0 Å². The SMILES string of the molecule is N#Cc1c(N)nc(N)nc1-c1cc(Br)ccc1OCCC1OCCCO1. The van der Waals surface area contributed by atoms with E-state index in [0.29, 0.717) is 43.2 Å². The van der Waals surface area contributed by atoms with Crippen LogP contribution in [0.25, 0.3) is 11.3 Å². The van der Waals surface area contributed by atoms with Crippen molar-refractivity contribution in [3.05, 3.63) is 28.2 Å². The average Bonchev–Trinajstić information content (AvgIpc) is 2.63. The molecule has 0 radical (unpaired) electrons. The van der Waals surface area contributed by atoms with Gasteiger partial charge in [-0.1, -0.05) is 15.9 Å². The zero-order valence-corrected chi connectivity index (χ0v) is 15.5. The molecule has 1 aliphatic rings. The van der Waals surface area contributed by atoms with Gasteiger partial charge in [-0.05, 0) is 24.6 Å². The molecule has 0 saturated carbocycles. The average molecular weight is 420 g/mol. The van der Waals surface area contributed by atoms with Crippen LogP contribution in [0.4, 0.5) is 11.8 Å². The number of benzene rings is 1. The smallest absolute Gasteiger partial charge is 0.222 e. The van der Waals surface area contributed by atoms with Gasteiger partial charge in [0.15, 0.2) is 6.29 Å². The van der Waals surface area contributed by atoms with Crippen molar-refractivity contribution in [2.45, 2.75) is 19.1 Å². The van der Waals surface area contributed by atoms with Crippen LogP contribution >= 0.6 is 15.9 Å². The molecule has 26 heavy (non-hydrogen) atoms. The van der Waals surface area contributed by atoms with Crippen LogP contribution in [0.3, 0.4) is 0 Å². The number of nitriles is 1. The number of anilines is 2. The fourth-order valence-corrected chi connectivity index (χ4v) is 2.94. The molecule has 0 aliphatic carbocycles. The second-order valence-electron chi connectivity index (χ2n) is 5.60. The molecule has 3 rings (SSSR count). The zero-order chi connectivity index (χ0) is 18.5. The molecule has 1 saturated heterocycles. The van der Waals surface area contributed by atoms with Crippen molar-refractivity contribution in [1.29, 1.82) is 5.26 Å². The van der Waals surface area contributed by atoms with Gasteiger partial charge in [0, 0.05) is 16.5 Å². The van der Waals surface area contributed by atoms with Gasteiger partial charge in [-0.15, -0.1) is 0 Å². The number of aromatic nitrogens is 2. The number of hydrogen-bond donors (Lipinski definition) is 2. The molecule has 2 heterocycles. The summed E-state index contributed by atoms with van der Waals surface area (Å²) >= 11 is 3.42. The second kappa shape index (κ2) is 8.31. The van der Waals surface area contributed by atoms with E-state index in [1.54, 1.807) is 12.1 Å². The predicted molar refractivity (Wildman–Crippen MR) is 99.1 cm³/mol. The molecule has 0 bridgehead atoms. The van der Waals surface area contributed by atoms with Crippen LogP contribution in [-0.2, 0) is 9.47 Å². The van der Waals surface area contributed by atoms with Crippen molar-refractivity contribution in [3.63, 3.8) is 0 Å². The van der Waals surface area contributed by atoms with Gasteiger partial charge in [0.2, 0.25) is 5.95 Å². The van der Waals surface area contributed by atoms with Gasteiger partial charge in [0.05, 0.1) is 25.5 Å². The second-order valence-corrected chi connectivity index (χ2v) is 6.52. The molecule has 1 fully saturated rings. The summed E-state index contributed by atoms with van der Waals surface area (Å²) in [6.45, 7) is 1.77. The Morgan fingerprint density at radius 2 is 2.04 bits per heavy atom. The Bertz CT molecular complexity index is 834. The summed E-state index contributed by atoms with van der Waals surface area (Å²) in [6.07, 6.45) is 1.23. The Morgan fingerprint density at radius 1 is 1.27 bits per heavy atom. The molecule has 2 aromatic rings. The summed E-state index contributed by atoms with van der Waals surface area (Å²) in [5.74, 6) is 0.578. The Kier molecular flexibility index (Phi) is 5.88. The quantitative estimate of drug-likeness (QED) is 0.755. The summed E-state index contributed by atoms with van der Waals surface area (Å²) in [6, 6.07) is 7.45. The predicted octanol–water partition coefficient (Wildman–Crippen LogP) is 2.47. The lowest BCUT2D eigenvalue weighted by Crippen LogP contribution is -2.26. The molecular formula is C17H18BrN5O3. The first-order valence-electron chi connectivity index (χ1n) is 8.07. The summed E-state index contributed by atoms with van der Waals surface area (Å²) in [5, 5.41) is 9.42. The van der Waals surface area contributed by atoms with Crippen LogP contribution in [0.1, 0.15) is 18.4 Å². The highest BCUT2D eigenvalue weighted by molar-refractivity contribution is 9.10. The Balaban J connectivity index is 1.86. The third-order valence-electron chi connectivity index (χ3n) is 3.77. The van der Waals surface area contributed by atoms with E-state index in [1.807, 2.05) is 12.1 Å².